The largest absolute Gasteiger partial charge is 0.465 e. The van der Waals surface area contributed by atoms with Crippen LogP contribution in [0, 0.1) is 11.3 Å². The van der Waals surface area contributed by atoms with Crippen molar-refractivity contribution in [2.75, 3.05) is 43.5 Å². The van der Waals surface area contributed by atoms with Crippen molar-refractivity contribution in [2.45, 2.75) is 13.3 Å². The summed E-state index contributed by atoms with van der Waals surface area (Å²) in [7, 11) is 0. The molecular formula is C14H20N4O3. The number of nitrogen functional groups attached to an aromatic ring is 1. The SMILES string of the molecule is CCOC(=O)[C@]12COCC[C@H]1CN(c1cncc(N)n1)C2. The van der Waals surface area contributed by atoms with Gasteiger partial charge in [0.1, 0.15) is 17.1 Å². The zero-order chi connectivity index (χ0) is 14.9. The Balaban J connectivity index is 1.87. The molecule has 0 bridgehead atoms. The van der Waals surface area contributed by atoms with E-state index < -0.39 is 5.41 Å². The Hall–Kier alpha value is -1.89. The molecule has 2 fully saturated rings. The number of hydrogen-bond donors (Lipinski definition) is 1. The van der Waals surface area contributed by atoms with E-state index in [1.54, 1.807) is 6.20 Å². The lowest BCUT2D eigenvalue weighted by molar-refractivity contribution is -0.165. The lowest BCUT2D eigenvalue weighted by atomic mass is 9.75. The fraction of sp³-hybridized carbons (Fsp3) is 0.643. The predicted octanol–water partition coefficient (Wildman–Crippen LogP) is 0.465. The summed E-state index contributed by atoms with van der Waals surface area (Å²) in [6, 6.07) is 0. The zero-order valence-electron chi connectivity index (χ0n) is 12.1. The Morgan fingerprint density at radius 2 is 2.48 bits per heavy atom. The van der Waals surface area contributed by atoms with Crippen LogP contribution in [0.1, 0.15) is 13.3 Å². The van der Waals surface area contributed by atoms with Crippen molar-refractivity contribution in [1.29, 1.82) is 0 Å². The van der Waals surface area contributed by atoms with Gasteiger partial charge in [-0.2, -0.15) is 0 Å². The molecule has 0 saturated carbocycles. The van der Waals surface area contributed by atoms with Gasteiger partial charge in [-0.15, -0.1) is 0 Å². The van der Waals surface area contributed by atoms with Crippen molar-refractivity contribution in [3.05, 3.63) is 12.4 Å². The number of esters is 1. The van der Waals surface area contributed by atoms with Crippen molar-refractivity contribution < 1.29 is 14.3 Å². The molecule has 0 unspecified atom stereocenters. The van der Waals surface area contributed by atoms with Crippen LogP contribution in [0.3, 0.4) is 0 Å². The molecule has 21 heavy (non-hydrogen) atoms. The Kier molecular flexibility index (Phi) is 3.67. The minimum absolute atomic E-state index is 0.172. The third-order valence-electron chi connectivity index (χ3n) is 4.31. The van der Waals surface area contributed by atoms with Crippen LogP contribution in [-0.2, 0) is 14.3 Å². The third kappa shape index (κ3) is 2.42. The monoisotopic (exact) mass is 292 g/mol. The summed E-state index contributed by atoms with van der Waals surface area (Å²) in [5, 5.41) is 0. The minimum atomic E-state index is -0.597. The molecule has 3 heterocycles. The number of ether oxygens (including phenoxy) is 2. The molecule has 3 rings (SSSR count). The van der Waals surface area contributed by atoms with E-state index in [1.807, 2.05) is 6.92 Å². The van der Waals surface area contributed by atoms with E-state index in [4.69, 9.17) is 15.2 Å². The molecule has 2 aliphatic rings. The molecular weight excluding hydrogens is 272 g/mol. The maximum atomic E-state index is 12.5. The number of carbonyl (C=O) groups excluding carboxylic acids is 1. The molecule has 7 heteroatoms. The normalized spacial score (nSPS) is 28.2. The van der Waals surface area contributed by atoms with Crippen LogP contribution in [0.5, 0.6) is 0 Å². The number of aromatic nitrogens is 2. The van der Waals surface area contributed by atoms with Crippen molar-refractivity contribution in [3.63, 3.8) is 0 Å². The van der Waals surface area contributed by atoms with Crippen LogP contribution in [0.25, 0.3) is 0 Å². The summed E-state index contributed by atoms with van der Waals surface area (Å²) < 4.78 is 10.9. The zero-order valence-corrected chi connectivity index (χ0v) is 12.1. The van der Waals surface area contributed by atoms with Gasteiger partial charge < -0.3 is 20.1 Å². The fourth-order valence-corrected chi connectivity index (χ4v) is 3.25. The molecule has 0 aromatic carbocycles. The van der Waals surface area contributed by atoms with Crippen LogP contribution in [0.4, 0.5) is 11.6 Å². The predicted molar refractivity (Wildman–Crippen MR) is 76.6 cm³/mol. The molecule has 0 aliphatic carbocycles. The van der Waals surface area contributed by atoms with E-state index in [2.05, 4.69) is 14.9 Å². The van der Waals surface area contributed by atoms with E-state index in [-0.39, 0.29) is 11.9 Å². The second-order valence-corrected chi connectivity index (χ2v) is 5.60. The molecule has 2 atom stereocenters. The van der Waals surface area contributed by atoms with Gasteiger partial charge in [-0.05, 0) is 19.3 Å². The number of nitrogens with zero attached hydrogens (tertiary/aromatic N) is 3. The maximum Gasteiger partial charge on any atom is 0.316 e. The summed E-state index contributed by atoms with van der Waals surface area (Å²) in [4.78, 5) is 22.9. The van der Waals surface area contributed by atoms with E-state index in [0.717, 1.165) is 13.0 Å². The van der Waals surface area contributed by atoms with Crippen LogP contribution < -0.4 is 10.6 Å². The first-order valence-electron chi connectivity index (χ1n) is 7.23. The number of anilines is 2. The molecule has 2 saturated heterocycles. The number of fused-ring (bicyclic) bond motifs is 1. The lowest BCUT2D eigenvalue weighted by Gasteiger charge is -2.35. The Morgan fingerprint density at radius 3 is 3.24 bits per heavy atom. The summed E-state index contributed by atoms with van der Waals surface area (Å²) in [6.07, 6.45) is 4.04. The highest BCUT2D eigenvalue weighted by molar-refractivity contribution is 5.79. The minimum Gasteiger partial charge on any atom is -0.465 e. The second kappa shape index (κ2) is 5.48. The van der Waals surface area contributed by atoms with Crippen LogP contribution in [0.15, 0.2) is 12.4 Å². The van der Waals surface area contributed by atoms with Crippen molar-refractivity contribution in [1.82, 2.24) is 9.97 Å². The lowest BCUT2D eigenvalue weighted by Crippen LogP contribution is -2.47. The topological polar surface area (TPSA) is 90.6 Å². The van der Waals surface area contributed by atoms with Gasteiger partial charge in [0, 0.05) is 19.7 Å². The van der Waals surface area contributed by atoms with Crippen molar-refractivity contribution in [3.8, 4) is 0 Å². The highest BCUT2D eigenvalue weighted by atomic mass is 16.5. The fourth-order valence-electron chi connectivity index (χ4n) is 3.25. The summed E-state index contributed by atoms with van der Waals surface area (Å²) in [6.45, 7) is 4.58. The molecule has 0 radical (unpaired) electrons. The van der Waals surface area contributed by atoms with Crippen molar-refractivity contribution in [2.24, 2.45) is 11.3 Å². The van der Waals surface area contributed by atoms with Crippen molar-refractivity contribution >= 4 is 17.6 Å². The van der Waals surface area contributed by atoms with E-state index >= 15 is 0 Å². The number of rotatable bonds is 3. The summed E-state index contributed by atoms with van der Waals surface area (Å²) >= 11 is 0. The Bertz CT molecular complexity index is 539. The van der Waals surface area contributed by atoms with E-state index in [0.29, 0.717) is 38.0 Å². The van der Waals surface area contributed by atoms with Gasteiger partial charge >= 0.3 is 5.97 Å². The first-order valence-corrected chi connectivity index (χ1v) is 7.23. The summed E-state index contributed by atoms with van der Waals surface area (Å²) in [5.41, 5.74) is 5.10. The molecule has 1 aromatic rings. The molecule has 114 valence electrons. The van der Waals surface area contributed by atoms with Gasteiger partial charge in [-0.1, -0.05) is 0 Å². The van der Waals surface area contributed by atoms with Gasteiger partial charge in [0.05, 0.1) is 25.6 Å². The average molecular weight is 292 g/mol. The number of carbonyl (C=O) groups is 1. The van der Waals surface area contributed by atoms with Crippen LogP contribution >= 0.6 is 0 Å². The molecule has 1 aromatic heterocycles. The highest BCUT2D eigenvalue weighted by Gasteiger charge is 2.55. The van der Waals surface area contributed by atoms with E-state index in [1.165, 1.54) is 6.20 Å². The van der Waals surface area contributed by atoms with E-state index in [9.17, 15) is 4.79 Å². The van der Waals surface area contributed by atoms with Gasteiger partial charge in [-0.25, -0.2) is 4.98 Å². The highest BCUT2D eigenvalue weighted by Crippen LogP contribution is 2.43. The average Bonchev–Trinajstić information content (AvgIpc) is 2.88. The van der Waals surface area contributed by atoms with Gasteiger partial charge in [0.15, 0.2) is 0 Å². The first kappa shape index (κ1) is 14.1. The number of hydrogen-bond acceptors (Lipinski definition) is 7. The third-order valence-corrected chi connectivity index (χ3v) is 4.31. The molecule has 2 N–H and O–H groups in total. The summed E-state index contributed by atoms with van der Waals surface area (Å²) in [5.74, 6) is 1.12. The van der Waals surface area contributed by atoms with Gasteiger partial charge in [0.25, 0.3) is 0 Å². The molecule has 0 spiro atoms. The van der Waals surface area contributed by atoms with Gasteiger partial charge in [0.2, 0.25) is 0 Å². The standard InChI is InChI=1S/C14H20N4O3/c1-2-21-13(19)14-8-18(7-10(14)3-4-20-9-14)12-6-16-5-11(15)17-12/h5-6,10H,2-4,7-9H2,1H3,(H2,15,17)/t10-,14+/m0/s1. The van der Waals surface area contributed by atoms with Crippen LogP contribution in [-0.4, -0.2) is 48.8 Å². The maximum absolute atomic E-state index is 12.5. The molecule has 0 amide bonds. The Labute approximate surface area is 123 Å². The second-order valence-electron chi connectivity index (χ2n) is 5.60. The number of nitrogens with two attached hydrogens (primary N) is 1. The molecule has 2 aliphatic heterocycles. The van der Waals surface area contributed by atoms with Crippen LogP contribution in [0.2, 0.25) is 0 Å². The quantitative estimate of drug-likeness (QED) is 0.809. The smallest absolute Gasteiger partial charge is 0.316 e. The van der Waals surface area contributed by atoms with Gasteiger partial charge in [-0.3, -0.25) is 9.78 Å². The first-order chi connectivity index (χ1) is 10.2. The molecule has 7 nitrogen and oxygen atoms in total. The Morgan fingerprint density at radius 1 is 1.62 bits per heavy atom.